The van der Waals surface area contributed by atoms with Crippen molar-refractivity contribution in [3.05, 3.63) is 29.8 Å². The highest BCUT2D eigenvalue weighted by Crippen LogP contribution is 2.41. The predicted octanol–water partition coefficient (Wildman–Crippen LogP) is 2.21. The van der Waals surface area contributed by atoms with Crippen LogP contribution in [0.5, 0.6) is 0 Å². The van der Waals surface area contributed by atoms with Crippen LogP contribution in [0.1, 0.15) is 30.6 Å². The molecular formula is C15H18FN3O. The van der Waals surface area contributed by atoms with Crippen molar-refractivity contribution in [3.63, 3.8) is 0 Å². The van der Waals surface area contributed by atoms with E-state index in [2.05, 4.69) is 9.88 Å². The first-order valence-electron chi connectivity index (χ1n) is 7.20. The van der Waals surface area contributed by atoms with Crippen LogP contribution in [0.3, 0.4) is 0 Å². The molecule has 4 nitrogen and oxygen atoms in total. The second-order valence-electron chi connectivity index (χ2n) is 5.74. The van der Waals surface area contributed by atoms with Crippen LogP contribution in [0.25, 0.3) is 11.0 Å². The van der Waals surface area contributed by atoms with Gasteiger partial charge in [0.05, 0.1) is 30.2 Å². The van der Waals surface area contributed by atoms with E-state index < -0.39 is 0 Å². The van der Waals surface area contributed by atoms with Gasteiger partial charge in [0, 0.05) is 18.2 Å². The highest BCUT2D eigenvalue weighted by Gasteiger charge is 2.36. The van der Waals surface area contributed by atoms with Crippen molar-refractivity contribution in [2.45, 2.75) is 30.8 Å². The molecule has 0 radical (unpaired) electrons. The molecule has 0 amide bonds. The Balaban J connectivity index is 1.87. The Kier molecular flexibility index (Phi) is 2.79. The van der Waals surface area contributed by atoms with E-state index in [1.54, 1.807) is 0 Å². The summed E-state index contributed by atoms with van der Waals surface area (Å²) in [6.07, 6.45) is 2.38. The SMILES string of the molecule is CNC1COCC1c1nc2cc(F)ccc2n1C1CC1. The van der Waals surface area contributed by atoms with Crippen LogP contribution >= 0.6 is 0 Å². The molecule has 2 unspecified atom stereocenters. The Morgan fingerprint density at radius 2 is 2.20 bits per heavy atom. The van der Waals surface area contributed by atoms with Crippen LogP contribution in [0.4, 0.5) is 4.39 Å². The van der Waals surface area contributed by atoms with E-state index in [4.69, 9.17) is 9.72 Å². The number of nitrogens with zero attached hydrogens (tertiary/aromatic N) is 2. The molecule has 2 heterocycles. The molecule has 1 aliphatic carbocycles. The smallest absolute Gasteiger partial charge is 0.125 e. The van der Waals surface area contributed by atoms with Crippen molar-refractivity contribution in [3.8, 4) is 0 Å². The molecule has 1 aliphatic heterocycles. The summed E-state index contributed by atoms with van der Waals surface area (Å²) in [5.41, 5.74) is 1.80. The summed E-state index contributed by atoms with van der Waals surface area (Å²) < 4.78 is 21.3. The molecule has 2 aromatic rings. The Hall–Kier alpha value is -1.46. The normalized spacial score (nSPS) is 26.5. The maximum atomic E-state index is 13.4. The van der Waals surface area contributed by atoms with Gasteiger partial charge in [-0.25, -0.2) is 9.37 Å². The largest absolute Gasteiger partial charge is 0.379 e. The summed E-state index contributed by atoms with van der Waals surface area (Å²) >= 11 is 0. The van der Waals surface area contributed by atoms with E-state index in [1.807, 2.05) is 13.1 Å². The Morgan fingerprint density at radius 3 is 2.95 bits per heavy atom. The molecule has 1 aromatic heterocycles. The number of hydrogen-bond donors (Lipinski definition) is 1. The third-order valence-corrected chi connectivity index (χ3v) is 4.37. The number of nitrogens with one attached hydrogen (secondary N) is 1. The van der Waals surface area contributed by atoms with Crippen molar-refractivity contribution < 1.29 is 9.13 Å². The molecule has 4 rings (SSSR count). The van der Waals surface area contributed by atoms with Crippen LogP contribution in [-0.2, 0) is 4.74 Å². The zero-order valence-corrected chi connectivity index (χ0v) is 11.5. The van der Waals surface area contributed by atoms with E-state index >= 15 is 0 Å². The summed E-state index contributed by atoms with van der Waals surface area (Å²) in [6.45, 7) is 1.40. The van der Waals surface area contributed by atoms with Gasteiger partial charge in [-0.05, 0) is 32.0 Å². The van der Waals surface area contributed by atoms with Gasteiger partial charge in [0.2, 0.25) is 0 Å². The van der Waals surface area contributed by atoms with Gasteiger partial charge in [0.15, 0.2) is 0 Å². The lowest BCUT2D eigenvalue weighted by Crippen LogP contribution is -2.32. The summed E-state index contributed by atoms with van der Waals surface area (Å²) in [5.74, 6) is 1.07. The molecule has 5 heteroatoms. The quantitative estimate of drug-likeness (QED) is 0.933. The van der Waals surface area contributed by atoms with Crippen LogP contribution in [0.2, 0.25) is 0 Å². The van der Waals surface area contributed by atoms with Gasteiger partial charge in [0.1, 0.15) is 11.6 Å². The molecule has 0 bridgehead atoms. The van der Waals surface area contributed by atoms with Gasteiger partial charge in [-0.1, -0.05) is 0 Å². The van der Waals surface area contributed by atoms with E-state index in [9.17, 15) is 4.39 Å². The molecule has 1 saturated heterocycles. The number of aromatic nitrogens is 2. The maximum Gasteiger partial charge on any atom is 0.125 e. The van der Waals surface area contributed by atoms with Gasteiger partial charge >= 0.3 is 0 Å². The molecule has 0 spiro atoms. The number of rotatable bonds is 3. The molecule has 2 fully saturated rings. The summed E-state index contributed by atoms with van der Waals surface area (Å²) in [6, 6.07) is 5.71. The van der Waals surface area contributed by atoms with E-state index in [0.29, 0.717) is 19.3 Å². The minimum absolute atomic E-state index is 0.225. The summed E-state index contributed by atoms with van der Waals surface area (Å²) in [5, 5.41) is 3.30. The lowest BCUT2D eigenvalue weighted by atomic mass is 10.0. The van der Waals surface area contributed by atoms with Gasteiger partial charge in [-0.3, -0.25) is 0 Å². The number of hydrogen-bond acceptors (Lipinski definition) is 3. The van der Waals surface area contributed by atoms with Crippen molar-refractivity contribution in [2.75, 3.05) is 20.3 Å². The van der Waals surface area contributed by atoms with Crippen LogP contribution < -0.4 is 5.32 Å². The third-order valence-electron chi connectivity index (χ3n) is 4.37. The standard InChI is InChI=1S/C15H18FN3O/c1-17-13-8-20-7-11(13)15-18-12-6-9(16)2-5-14(12)19(15)10-3-4-10/h2,5-6,10-11,13,17H,3-4,7-8H2,1H3. The zero-order chi connectivity index (χ0) is 13.7. The predicted molar refractivity (Wildman–Crippen MR) is 74.4 cm³/mol. The zero-order valence-electron chi connectivity index (χ0n) is 11.5. The van der Waals surface area contributed by atoms with E-state index in [1.165, 1.54) is 25.0 Å². The molecule has 20 heavy (non-hydrogen) atoms. The first-order valence-corrected chi connectivity index (χ1v) is 7.20. The molecule has 106 valence electrons. The van der Waals surface area contributed by atoms with Crippen molar-refractivity contribution in [2.24, 2.45) is 0 Å². The minimum atomic E-state index is -0.225. The summed E-state index contributed by atoms with van der Waals surface area (Å²) in [7, 11) is 1.95. The van der Waals surface area contributed by atoms with Gasteiger partial charge in [0.25, 0.3) is 0 Å². The van der Waals surface area contributed by atoms with E-state index in [-0.39, 0.29) is 17.8 Å². The van der Waals surface area contributed by atoms with E-state index in [0.717, 1.165) is 16.9 Å². The molecular weight excluding hydrogens is 257 g/mol. The second-order valence-corrected chi connectivity index (χ2v) is 5.74. The molecule has 1 saturated carbocycles. The van der Waals surface area contributed by atoms with Crippen molar-refractivity contribution in [1.29, 1.82) is 0 Å². The number of fused-ring (bicyclic) bond motifs is 1. The molecule has 1 aromatic carbocycles. The van der Waals surface area contributed by atoms with Crippen molar-refractivity contribution >= 4 is 11.0 Å². The van der Waals surface area contributed by atoms with Gasteiger partial charge in [-0.2, -0.15) is 0 Å². The lowest BCUT2D eigenvalue weighted by Gasteiger charge is -2.18. The average molecular weight is 275 g/mol. The number of imidazole rings is 1. The monoisotopic (exact) mass is 275 g/mol. The fourth-order valence-electron chi connectivity index (χ4n) is 3.16. The number of benzene rings is 1. The van der Waals surface area contributed by atoms with Crippen molar-refractivity contribution in [1.82, 2.24) is 14.9 Å². The third kappa shape index (κ3) is 1.84. The van der Waals surface area contributed by atoms with Gasteiger partial charge in [-0.15, -0.1) is 0 Å². The fraction of sp³-hybridized carbons (Fsp3) is 0.533. The highest BCUT2D eigenvalue weighted by atomic mass is 19.1. The minimum Gasteiger partial charge on any atom is -0.379 e. The number of halogens is 1. The number of ether oxygens (including phenoxy) is 1. The Labute approximate surface area is 116 Å². The first kappa shape index (κ1) is 12.3. The van der Waals surface area contributed by atoms with Gasteiger partial charge < -0.3 is 14.6 Å². The van der Waals surface area contributed by atoms with Crippen LogP contribution in [0.15, 0.2) is 18.2 Å². The molecule has 2 atom stereocenters. The summed E-state index contributed by atoms with van der Waals surface area (Å²) in [4.78, 5) is 4.72. The van der Waals surface area contributed by atoms with Crippen LogP contribution in [0, 0.1) is 5.82 Å². The average Bonchev–Trinajstić information content (AvgIpc) is 3.05. The Morgan fingerprint density at radius 1 is 1.35 bits per heavy atom. The lowest BCUT2D eigenvalue weighted by molar-refractivity contribution is 0.187. The number of likely N-dealkylation sites (N-methyl/N-ethyl adjacent to an activating group) is 1. The second kappa shape index (κ2) is 4.53. The maximum absolute atomic E-state index is 13.4. The fourth-order valence-corrected chi connectivity index (χ4v) is 3.16. The van der Waals surface area contributed by atoms with Crippen LogP contribution in [-0.4, -0.2) is 35.9 Å². The highest BCUT2D eigenvalue weighted by molar-refractivity contribution is 5.76. The molecule has 2 aliphatic rings. The Bertz CT molecular complexity index is 650. The first-order chi connectivity index (χ1) is 9.78. The topological polar surface area (TPSA) is 39.1 Å². The molecule has 1 N–H and O–H groups in total.